The zero-order valence-corrected chi connectivity index (χ0v) is 9.55. The van der Waals surface area contributed by atoms with E-state index in [4.69, 9.17) is 4.74 Å². The SMILES string of the molecule is CS(=O)(=O)c1ccc(F)c(NC2COC2)c1. The minimum absolute atomic E-state index is 0.0595. The Hall–Kier alpha value is -1.14. The van der Waals surface area contributed by atoms with E-state index in [-0.39, 0.29) is 16.6 Å². The van der Waals surface area contributed by atoms with E-state index in [2.05, 4.69) is 5.32 Å². The van der Waals surface area contributed by atoms with Gasteiger partial charge in [0.15, 0.2) is 9.84 Å². The van der Waals surface area contributed by atoms with Crippen molar-refractivity contribution in [3.8, 4) is 0 Å². The molecule has 1 N–H and O–H groups in total. The molecule has 0 aromatic heterocycles. The Labute approximate surface area is 93.3 Å². The van der Waals surface area contributed by atoms with Gasteiger partial charge in [0.25, 0.3) is 0 Å². The fraction of sp³-hybridized carbons (Fsp3) is 0.400. The van der Waals surface area contributed by atoms with E-state index in [0.717, 1.165) is 12.3 Å². The van der Waals surface area contributed by atoms with Crippen LogP contribution >= 0.6 is 0 Å². The van der Waals surface area contributed by atoms with Crippen LogP contribution in [-0.2, 0) is 14.6 Å². The normalized spacial score (nSPS) is 16.9. The van der Waals surface area contributed by atoms with Gasteiger partial charge in [-0.1, -0.05) is 0 Å². The van der Waals surface area contributed by atoms with Gasteiger partial charge in [-0.3, -0.25) is 0 Å². The van der Waals surface area contributed by atoms with E-state index < -0.39 is 15.7 Å². The lowest BCUT2D eigenvalue weighted by atomic mass is 10.2. The molecule has 16 heavy (non-hydrogen) atoms. The van der Waals surface area contributed by atoms with Crippen molar-refractivity contribution in [3.63, 3.8) is 0 Å². The Morgan fingerprint density at radius 2 is 2.12 bits per heavy atom. The van der Waals surface area contributed by atoms with E-state index in [0.29, 0.717) is 13.2 Å². The van der Waals surface area contributed by atoms with Crippen LogP contribution in [0.5, 0.6) is 0 Å². The average Bonchev–Trinajstić information content (AvgIpc) is 2.11. The highest BCUT2D eigenvalue weighted by molar-refractivity contribution is 7.90. The van der Waals surface area contributed by atoms with Gasteiger partial charge >= 0.3 is 0 Å². The fourth-order valence-electron chi connectivity index (χ4n) is 1.38. The van der Waals surface area contributed by atoms with E-state index in [1.807, 2.05) is 0 Å². The van der Waals surface area contributed by atoms with Crippen molar-refractivity contribution < 1.29 is 17.5 Å². The predicted molar refractivity (Wildman–Crippen MR) is 57.7 cm³/mol. The Morgan fingerprint density at radius 3 is 2.62 bits per heavy atom. The van der Waals surface area contributed by atoms with Gasteiger partial charge in [-0.25, -0.2) is 12.8 Å². The van der Waals surface area contributed by atoms with Crippen LogP contribution in [0.15, 0.2) is 23.1 Å². The van der Waals surface area contributed by atoms with Crippen LogP contribution in [0.2, 0.25) is 0 Å². The highest BCUT2D eigenvalue weighted by Gasteiger charge is 2.20. The average molecular weight is 245 g/mol. The third-order valence-corrected chi connectivity index (χ3v) is 3.47. The van der Waals surface area contributed by atoms with Crippen LogP contribution < -0.4 is 5.32 Å². The molecule has 6 heteroatoms. The zero-order chi connectivity index (χ0) is 11.8. The second-order valence-corrected chi connectivity index (χ2v) is 5.81. The number of sulfone groups is 1. The smallest absolute Gasteiger partial charge is 0.175 e. The number of rotatable bonds is 3. The molecule has 2 rings (SSSR count). The summed E-state index contributed by atoms with van der Waals surface area (Å²) in [5, 5.41) is 2.89. The molecule has 1 aromatic carbocycles. The molecule has 1 aliphatic heterocycles. The summed E-state index contributed by atoms with van der Waals surface area (Å²) in [6.07, 6.45) is 1.09. The summed E-state index contributed by atoms with van der Waals surface area (Å²) in [5.41, 5.74) is 0.205. The Balaban J connectivity index is 2.28. The van der Waals surface area contributed by atoms with E-state index in [9.17, 15) is 12.8 Å². The first kappa shape index (κ1) is 11.3. The Bertz CT molecular complexity index is 497. The lowest BCUT2D eigenvalue weighted by Gasteiger charge is -2.28. The van der Waals surface area contributed by atoms with Crippen LogP contribution in [0, 0.1) is 5.82 Å². The summed E-state index contributed by atoms with van der Waals surface area (Å²) in [6, 6.07) is 3.78. The maximum atomic E-state index is 13.4. The highest BCUT2D eigenvalue weighted by atomic mass is 32.2. The quantitative estimate of drug-likeness (QED) is 0.808. The predicted octanol–water partition coefficient (Wildman–Crippen LogP) is 1.04. The van der Waals surface area contributed by atoms with Crippen LogP contribution in [0.25, 0.3) is 0 Å². The Kier molecular flexibility index (Phi) is 2.86. The van der Waals surface area contributed by atoms with E-state index in [1.54, 1.807) is 0 Å². The summed E-state index contributed by atoms with van der Waals surface area (Å²) in [5.74, 6) is -0.459. The molecule has 1 saturated heterocycles. The highest BCUT2D eigenvalue weighted by Crippen LogP contribution is 2.21. The van der Waals surface area contributed by atoms with Crippen LogP contribution in [0.1, 0.15) is 0 Å². The first-order valence-corrected chi connectivity index (χ1v) is 6.70. The van der Waals surface area contributed by atoms with Crippen molar-refractivity contribution in [2.45, 2.75) is 10.9 Å². The monoisotopic (exact) mass is 245 g/mol. The number of anilines is 1. The minimum Gasteiger partial charge on any atom is -0.377 e. The molecule has 0 bridgehead atoms. The van der Waals surface area contributed by atoms with Crippen molar-refractivity contribution in [2.75, 3.05) is 24.8 Å². The van der Waals surface area contributed by atoms with Gasteiger partial charge < -0.3 is 10.1 Å². The number of nitrogens with one attached hydrogen (secondary N) is 1. The van der Waals surface area contributed by atoms with E-state index in [1.165, 1.54) is 12.1 Å². The standard InChI is InChI=1S/C10H12FNO3S/c1-16(13,14)8-2-3-9(11)10(4-8)12-7-5-15-6-7/h2-4,7,12H,5-6H2,1H3. The first-order valence-electron chi connectivity index (χ1n) is 4.81. The van der Waals surface area contributed by atoms with Crippen LogP contribution in [-0.4, -0.2) is 33.9 Å². The summed E-state index contributed by atoms with van der Waals surface area (Å²) in [7, 11) is -3.30. The molecule has 0 radical (unpaired) electrons. The molecule has 1 aromatic rings. The summed E-state index contributed by atoms with van der Waals surface area (Å²) >= 11 is 0. The minimum atomic E-state index is -3.30. The van der Waals surface area contributed by atoms with Crippen molar-refractivity contribution in [1.82, 2.24) is 0 Å². The van der Waals surface area contributed by atoms with Crippen LogP contribution in [0.3, 0.4) is 0 Å². The molecular weight excluding hydrogens is 233 g/mol. The largest absolute Gasteiger partial charge is 0.377 e. The van der Waals surface area contributed by atoms with Crippen LogP contribution in [0.4, 0.5) is 10.1 Å². The molecule has 0 amide bonds. The van der Waals surface area contributed by atoms with Gasteiger partial charge in [0.2, 0.25) is 0 Å². The molecular formula is C10H12FNO3S. The molecule has 1 heterocycles. The number of ether oxygens (including phenoxy) is 1. The van der Waals surface area contributed by atoms with Gasteiger partial charge in [-0.05, 0) is 18.2 Å². The maximum Gasteiger partial charge on any atom is 0.175 e. The van der Waals surface area contributed by atoms with Crippen molar-refractivity contribution in [3.05, 3.63) is 24.0 Å². The molecule has 1 fully saturated rings. The number of hydrogen-bond donors (Lipinski definition) is 1. The maximum absolute atomic E-state index is 13.4. The summed E-state index contributed by atoms with van der Waals surface area (Å²) in [4.78, 5) is 0.108. The van der Waals surface area contributed by atoms with Gasteiger partial charge in [0.1, 0.15) is 5.82 Å². The second-order valence-electron chi connectivity index (χ2n) is 3.79. The molecule has 88 valence electrons. The molecule has 0 aliphatic carbocycles. The van der Waals surface area contributed by atoms with Crippen molar-refractivity contribution in [1.29, 1.82) is 0 Å². The molecule has 1 aliphatic rings. The molecule has 0 unspecified atom stereocenters. The molecule has 0 saturated carbocycles. The van der Waals surface area contributed by atoms with Crippen molar-refractivity contribution in [2.24, 2.45) is 0 Å². The summed E-state index contributed by atoms with van der Waals surface area (Å²) in [6.45, 7) is 1.03. The zero-order valence-electron chi connectivity index (χ0n) is 8.73. The molecule has 0 spiro atoms. The topological polar surface area (TPSA) is 55.4 Å². The lowest BCUT2D eigenvalue weighted by molar-refractivity contribution is 0.0210. The number of halogens is 1. The first-order chi connectivity index (χ1) is 7.47. The Morgan fingerprint density at radius 1 is 1.44 bits per heavy atom. The molecule has 0 atom stereocenters. The number of benzene rings is 1. The van der Waals surface area contributed by atoms with Crippen molar-refractivity contribution >= 4 is 15.5 Å². The van der Waals surface area contributed by atoms with E-state index >= 15 is 0 Å². The van der Waals surface area contributed by atoms with Gasteiger partial charge in [-0.15, -0.1) is 0 Å². The second kappa shape index (κ2) is 4.03. The lowest BCUT2D eigenvalue weighted by Crippen LogP contribution is -2.40. The third-order valence-electron chi connectivity index (χ3n) is 2.36. The number of hydrogen-bond acceptors (Lipinski definition) is 4. The fourth-order valence-corrected chi connectivity index (χ4v) is 2.03. The van der Waals surface area contributed by atoms with Gasteiger partial charge in [0.05, 0.1) is 29.8 Å². The molecule has 4 nitrogen and oxygen atoms in total. The summed E-state index contributed by atoms with van der Waals surface area (Å²) < 4.78 is 40.9. The van der Waals surface area contributed by atoms with Gasteiger partial charge in [0, 0.05) is 6.26 Å². The van der Waals surface area contributed by atoms with Gasteiger partial charge in [-0.2, -0.15) is 0 Å². The third kappa shape index (κ3) is 2.33.